The van der Waals surface area contributed by atoms with E-state index in [4.69, 9.17) is 4.74 Å². The zero-order valence-electron chi connectivity index (χ0n) is 14.4. The van der Waals surface area contributed by atoms with E-state index in [2.05, 4.69) is 48.7 Å². The van der Waals surface area contributed by atoms with Crippen LogP contribution < -0.4 is 0 Å². The van der Waals surface area contributed by atoms with E-state index in [9.17, 15) is 4.79 Å². The summed E-state index contributed by atoms with van der Waals surface area (Å²) in [7, 11) is 0. The van der Waals surface area contributed by atoms with Crippen LogP contribution in [-0.4, -0.2) is 28.5 Å². The molecular weight excluding hydrogens is 300 g/mol. The maximum absolute atomic E-state index is 12.9. The third kappa shape index (κ3) is 2.55. The molecule has 2 aromatic rings. The molecule has 0 radical (unpaired) electrons. The highest BCUT2D eigenvalue weighted by Crippen LogP contribution is 2.33. The van der Waals surface area contributed by atoms with E-state index >= 15 is 0 Å². The summed E-state index contributed by atoms with van der Waals surface area (Å²) in [5.74, 6) is 0.189. The molecule has 1 aromatic carbocycles. The summed E-state index contributed by atoms with van der Waals surface area (Å²) in [5, 5.41) is 0. The molecule has 4 rings (SSSR count). The van der Waals surface area contributed by atoms with Crippen LogP contribution in [0.1, 0.15) is 48.0 Å². The molecule has 2 atom stereocenters. The van der Waals surface area contributed by atoms with Gasteiger partial charge in [0.1, 0.15) is 0 Å². The van der Waals surface area contributed by atoms with E-state index in [1.807, 2.05) is 11.0 Å². The van der Waals surface area contributed by atoms with Crippen molar-refractivity contribution >= 4 is 5.91 Å². The van der Waals surface area contributed by atoms with Gasteiger partial charge in [-0.3, -0.25) is 4.79 Å². The Morgan fingerprint density at radius 1 is 1.21 bits per heavy atom. The van der Waals surface area contributed by atoms with E-state index in [1.54, 1.807) is 0 Å². The number of aryl methyl sites for hydroxylation is 1. The van der Waals surface area contributed by atoms with E-state index in [0.29, 0.717) is 13.0 Å². The van der Waals surface area contributed by atoms with Gasteiger partial charge in [0.15, 0.2) is 0 Å². The molecule has 3 heterocycles. The van der Waals surface area contributed by atoms with Gasteiger partial charge in [-0.15, -0.1) is 0 Å². The molecule has 0 spiro atoms. The summed E-state index contributed by atoms with van der Waals surface area (Å²) in [6.07, 6.45) is 1.26. The molecule has 0 bridgehead atoms. The molecule has 2 aliphatic rings. The van der Waals surface area contributed by atoms with Gasteiger partial charge in [0.2, 0.25) is 5.91 Å². The lowest BCUT2D eigenvalue weighted by Crippen LogP contribution is -2.41. The molecule has 1 amide bonds. The van der Waals surface area contributed by atoms with Crippen molar-refractivity contribution < 1.29 is 9.53 Å². The summed E-state index contributed by atoms with van der Waals surface area (Å²) in [5.41, 5.74) is 5.00. The van der Waals surface area contributed by atoms with Gasteiger partial charge in [-0.25, -0.2) is 0 Å². The van der Waals surface area contributed by atoms with Crippen LogP contribution in [0.4, 0.5) is 0 Å². The highest BCUT2D eigenvalue weighted by atomic mass is 16.5. The molecule has 0 fully saturated rings. The Bertz CT molecular complexity index is 765. The number of nitrogens with zero attached hydrogens (tertiary/aromatic N) is 2. The summed E-state index contributed by atoms with van der Waals surface area (Å²) in [6, 6.07) is 12.7. The molecule has 4 nitrogen and oxygen atoms in total. The highest BCUT2D eigenvalue weighted by molar-refractivity contribution is 5.77. The molecule has 1 aromatic heterocycles. The summed E-state index contributed by atoms with van der Waals surface area (Å²) < 4.78 is 8.24. The number of hydrogen-bond acceptors (Lipinski definition) is 2. The zero-order valence-corrected chi connectivity index (χ0v) is 14.4. The van der Waals surface area contributed by atoms with E-state index in [1.165, 1.54) is 22.5 Å². The van der Waals surface area contributed by atoms with Crippen molar-refractivity contribution in [3.63, 3.8) is 0 Å². The lowest BCUT2D eigenvalue weighted by Gasteiger charge is -2.37. The molecule has 126 valence electrons. The lowest BCUT2D eigenvalue weighted by molar-refractivity contribution is -0.138. The highest BCUT2D eigenvalue weighted by Gasteiger charge is 2.31. The first-order valence-electron chi connectivity index (χ1n) is 8.80. The number of hydrogen-bond donors (Lipinski definition) is 0. The van der Waals surface area contributed by atoms with Crippen molar-refractivity contribution in [3.05, 3.63) is 58.9 Å². The van der Waals surface area contributed by atoms with Crippen LogP contribution in [0.25, 0.3) is 0 Å². The average molecular weight is 324 g/mol. The number of ether oxygens (including phenoxy) is 1. The van der Waals surface area contributed by atoms with Crippen LogP contribution >= 0.6 is 0 Å². The zero-order chi connectivity index (χ0) is 16.7. The molecular formula is C20H24N2O2. The van der Waals surface area contributed by atoms with E-state index in [0.717, 1.165) is 19.5 Å². The molecule has 24 heavy (non-hydrogen) atoms. The predicted molar refractivity (Wildman–Crippen MR) is 92.8 cm³/mol. The van der Waals surface area contributed by atoms with Crippen molar-refractivity contribution in [2.45, 2.75) is 45.4 Å². The fraction of sp³-hybridized carbons (Fsp3) is 0.450. The second-order valence-electron chi connectivity index (χ2n) is 6.83. The normalized spacial score (nSPS) is 22.8. The van der Waals surface area contributed by atoms with Crippen molar-refractivity contribution in [1.82, 2.24) is 9.47 Å². The van der Waals surface area contributed by atoms with Crippen LogP contribution in [0.2, 0.25) is 0 Å². The average Bonchev–Trinajstić information content (AvgIpc) is 2.97. The maximum atomic E-state index is 12.9. The van der Waals surface area contributed by atoms with Crippen LogP contribution in [0, 0.1) is 6.92 Å². The molecule has 0 aliphatic carbocycles. The summed E-state index contributed by atoms with van der Waals surface area (Å²) >= 11 is 0. The maximum Gasteiger partial charge on any atom is 0.226 e. The van der Waals surface area contributed by atoms with Gasteiger partial charge in [0, 0.05) is 24.5 Å². The topological polar surface area (TPSA) is 34.5 Å². The third-order valence-electron chi connectivity index (χ3n) is 5.47. The molecule has 4 heteroatoms. The Morgan fingerprint density at radius 3 is 2.92 bits per heavy atom. The van der Waals surface area contributed by atoms with Gasteiger partial charge < -0.3 is 14.2 Å². The van der Waals surface area contributed by atoms with Crippen molar-refractivity contribution in [3.8, 4) is 0 Å². The van der Waals surface area contributed by atoms with Crippen molar-refractivity contribution in [2.75, 3.05) is 13.2 Å². The smallest absolute Gasteiger partial charge is 0.226 e. The number of carbonyl (C=O) groups excluding carboxylic acids is 1. The lowest BCUT2D eigenvalue weighted by atomic mass is 9.95. The molecule has 0 saturated heterocycles. The van der Waals surface area contributed by atoms with E-state index in [-0.39, 0.29) is 18.1 Å². The quantitative estimate of drug-likeness (QED) is 0.848. The van der Waals surface area contributed by atoms with Gasteiger partial charge in [-0.1, -0.05) is 24.3 Å². The van der Waals surface area contributed by atoms with Crippen LogP contribution in [-0.2, 0) is 22.5 Å². The van der Waals surface area contributed by atoms with Crippen molar-refractivity contribution in [2.24, 2.45) is 0 Å². The standard InChI is InChI=1S/C20H24N2O2/c1-14-7-8-18-15(2)22(11-10-21(14)18)20(23)13-19-17-6-4-3-5-16(17)9-12-24-19/h3-8,15,19H,9-13H2,1-2H3. The fourth-order valence-corrected chi connectivity index (χ4v) is 4.08. The number of benzene rings is 1. The summed E-state index contributed by atoms with van der Waals surface area (Å²) in [4.78, 5) is 14.9. The minimum atomic E-state index is -0.106. The van der Waals surface area contributed by atoms with Gasteiger partial charge in [0.25, 0.3) is 0 Å². The van der Waals surface area contributed by atoms with Gasteiger partial charge in [0.05, 0.1) is 25.2 Å². The molecule has 2 aliphatic heterocycles. The SMILES string of the molecule is Cc1ccc2n1CCN(C(=O)CC1OCCc3ccccc31)C2C. The molecule has 0 saturated carbocycles. The van der Waals surface area contributed by atoms with Gasteiger partial charge in [-0.05, 0) is 43.5 Å². The van der Waals surface area contributed by atoms with Crippen LogP contribution in [0.3, 0.4) is 0 Å². The first-order chi connectivity index (χ1) is 11.6. The van der Waals surface area contributed by atoms with E-state index < -0.39 is 0 Å². The number of aromatic nitrogens is 1. The third-order valence-corrected chi connectivity index (χ3v) is 5.47. The predicted octanol–water partition coefficient (Wildman–Crippen LogP) is 3.40. The minimum Gasteiger partial charge on any atom is -0.373 e. The Kier molecular flexibility index (Phi) is 3.93. The van der Waals surface area contributed by atoms with Gasteiger partial charge in [-0.2, -0.15) is 0 Å². The Balaban J connectivity index is 1.52. The number of fused-ring (bicyclic) bond motifs is 2. The van der Waals surface area contributed by atoms with Crippen LogP contribution in [0.5, 0.6) is 0 Å². The first kappa shape index (κ1) is 15.5. The number of carbonyl (C=O) groups is 1. The second kappa shape index (κ2) is 6.10. The summed E-state index contributed by atoms with van der Waals surface area (Å²) in [6.45, 7) is 6.61. The number of amides is 1. The number of rotatable bonds is 2. The fourth-order valence-electron chi connectivity index (χ4n) is 4.08. The van der Waals surface area contributed by atoms with Crippen LogP contribution in [0.15, 0.2) is 36.4 Å². The van der Waals surface area contributed by atoms with Gasteiger partial charge >= 0.3 is 0 Å². The first-order valence-corrected chi connectivity index (χ1v) is 8.80. The largest absolute Gasteiger partial charge is 0.373 e. The molecule has 2 unspecified atom stereocenters. The minimum absolute atomic E-state index is 0.106. The van der Waals surface area contributed by atoms with Crippen molar-refractivity contribution in [1.29, 1.82) is 0 Å². The second-order valence-corrected chi connectivity index (χ2v) is 6.83. The monoisotopic (exact) mass is 324 g/mol. The Hall–Kier alpha value is -2.07. The Labute approximate surface area is 143 Å². The molecule has 0 N–H and O–H groups in total. The Morgan fingerprint density at radius 2 is 2.04 bits per heavy atom.